The normalized spacial score (nSPS) is 17.2. The summed E-state index contributed by atoms with van der Waals surface area (Å²) < 4.78 is 0. The van der Waals surface area contributed by atoms with Crippen molar-refractivity contribution in [2.75, 3.05) is 0 Å². The van der Waals surface area contributed by atoms with E-state index in [9.17, 15) is 0 Å². The summed E-state index contributed by atoms with van der Waals surface area (Å²) in [5.74, 6) is 1.41. The van der Waals surface area contributed by atoms with Crippen LogP contribution < -0.4 is 0 Å². The van der Waals surface area contributed by atoms with Crippen molar-refractivity contribution >= 4 is 0 Å². The van der Waals surface area contributed by atoms with E-state index in [4.69, 9.17) is 0 Å². The molecule has 1 aliphatic rings. The summed E-state index contributed by atoms with van der Waals surface area (Å²) in [4.78, 5) is 0. The molecule has 6 heavy (non-hydrogen) atoms. The SMILES string of the molecule is C[C-]1C=C=CC1. The van der Waals surface area contributed by atoms with Crippen molar-refractivity contribution in [3.8, 4) is 0 Å². The molecular formula is C6H7-. The van der Waals surface area contributed by atoms with Gasteiger partial charge in [-0.1, -0.05) is 6.42 Å². The van der Waals surface area contributed by atoms with E-state index in [-0.39, 0.29) is 0 Å². The van der Waals surface area contributed by atoms with Crippen molar-refractivity contribution in [1.82, 2.24) is 0 Å². The van der Waals surface area contributed by atoms with Gasteiger partial charge < -0.3 is 5.73 Å². The van der Waals surface area contributed by atoms with Crippen LogP contribution in [0.1, 0.15) is 13.3 Å². The maximum atomic E-state index is 2.98. The molecule has 0 atom stereocenters. The molecule has 1 rings (SSSR count). The molecule has 0 aromatic heterocycles. The average molecular weight is 79.1 g/mol. The Morgan fingerprint density at radius 1 is 1.83 bits per heavy atom. The molecule has 0 N–H and O–H groups in total. The molecule has 0 fully saturated rings. The van der Waals surface area contributed by atoms with Crippen LogP contribution in [0.25, 0.3) is 0 Å². The van der Waals surface area contributed by atoms with Crippen LogP contribution in [0.5, 0.6) is 0 Å². The fourth-order valence-corrected chi connectivity index (χ4v) is 0.480. The van der Waals surface area contributed by atoms with E-state index in [0.717, 1.165) is 6.42 Å². The van der Waals surface area contributed by atoms with Crippen molar-refractivity contribution < 1.29 is 0 Å². The van der Waals surface area contributed by atoms with E-state index >= 15 is 0 Å². The zero-order valence-corrected chi connectivity index (χ0v) is 3.86. The molecule has 0 heterocycles. The molecule has 0 aromatic carbocycles. The van der Waals surface area contributed by atoms with Gasteiger partial charge in [0.15, 0.2) is 0 Å². The summed E-state index contributed by atoms with van der Waals surface area (Å²) in [5, 5.41) is 0. The molecule has 0 unspecified atom stereocenters. The lowest BCUT2D eigenvalue weighted by Crippen LogP contribution is -1.73. The first-order chi connectivity index (χ1) is 2.89. The van der Waals surface area contributed by atoms with E-state index in [0.29, 0.717) is 0 Å². The van der Waals surface area contributed by atoms with E-state index in [1.54, 1.807) is 0 Å². The lowest BCUT2D eigenvalue weighted by molar-refractivity contribution is 1.10. The third-order valence-electron chi connectivity index (χ3n) is 0.872. The minimum Gasteiger partial charge on any atom is -0.354 e. The van der Waals surface area contributed by atoms with Crippen LogP contribution in [-0.4, -0.2) is 0 Å². The fraction of sp³-hybridized carbons (Fsp3) is 0.333. The van der Waals surface area contributed by atoms with Gasteiger partial charge in [-0.05, 0) is 0 Å². The second-order valence-electron chi connectivity index (χ2n) is 1.57. The highest BCUT2D eigenvalue weighted by atomic mass is 14.0. The molecule has 0 heteroatoms. The molecule has 0 nitrogen and oxygen atoms in total. The summed E-state index contributed by atoms with van der Waals surface area (Å²) in [6.07, 6.45) is 5.16. The van der Waals surface area contributed by atoms with E-state index in [1.807, 2.05) is 12.2 Å². The molecule has 0 saturated heterocycles. The van der Waals surface area contributed by atoms with Gasteiger partial charge in [-0.2, -0.15) is 6.08 Å². The molecule has 0 amide bonds. The Morgan fingerprint density at radius 2 is 2.67 bits per heavy atom. The lowest BCUT2D eigenvalue weighted by Gasteiger charge is -2.02. The Hall–Kier alpha value is -0.610. The van der Waals surface area contributed by atoms with E-state index < -0.39 is 0 Å². The van der Waals surface area contributed by atoms with Crippen molar-refractivity contribution in [1.29, 1.82) is 0 Å². The number of hydrogen-bond acceptors (Lipinski definition) is 0. The van der Waals surface area contributed by atoms with Crippen LogP contribution in [0.2, 0.25) is 0 Å². The maximum absolute atomic E-state index is 2.98. The summed E-state index contributed by atoms with van der Waals surface area (Å²) in [6, 6.07) is 0. The summed E-state index contributed by atoms with van der Waals surface area (Å²) in [7, 11) is 0. The van der Waals surface area contributed by atoms with E-state index in [2.05, 4.69) is 12.7 Å². The molecule has 0 saturated carbocycles. The molecule has 0 aliphatic heterocycles. The largest absolute Gasteiger partial charge is 0.354 e. The third kappa shape index (κ3) is 0.474. The molecule has 0 aromatic rings. The van der Waals surface area contributed by atoms with Crippen molar-refractivity contribution in [2.45, 2.75) is 13.3 Å². The van der Waals surface area contributed by atoms with Gasteiger partial charge in [0.2, 0.25) is 0 Å². The van der Waals surface area contributed by atoms with E-state index in [1.165, 1.54) is 5.92 Å². The quantitative estimate of drug-likeness (QED) is 0.306. The van der Waals surface area contributed by atoms with Crippen LogP contribution >= 0.6 is 0 Å². The monoisotopic (exact) mass is 79.1 g/mol. The topological polar surface area (TPSA) is 0 Å². The number of hydrogen-bond donors (Lipinski definition) is 0. The summed E-state index contributed by atoms with van der Waals surface area (Å²) in [6.45, 7) is 2.11. The first kappa shape index (κ1) is 3.58. The van der Waals surface area contributed by atoms with Crippen LogP contribution in [-0.2, 0) is 0 Å². The highest BCUT2D eigenvalue weighted by molar-refractivity contribution is 5.16. The molecular weight excluding hydrogens is 72.1 g/mol. The minimum absolute atomic E-state index is 1.11. The Labute approximate surface area is 38.2 Å². The Kier molecular flexibility index (Phi) is 0.736. The Morgan fingerprint density at radius 3 is 2.83 bits per heavy atom. The number of rotatable bonds is 0. The van der Waals surface area contributed by atoms with Gasteiger partial charge >= 0.3 is 0 Å². The maximum Gasteiger partial charge on any atom is -0.0911 e. The molecule has 0 spiro atoms. The number of allylic oxidation sites excluding steroid dienone is 1. The van der Waals surface area contributed by atoms with Gasteiger partial charge in [0, 0.05) is 0 Å². The van der Waals surface area contributed by atoms with Crippen molar-refractivity contribution in [3.63, 3.8) is 0 Å². The standard InChI is InChI=1S/C6H7/c1-6-4-2-3-5-6/h2,5H,4H2,1H3/q-1. The van der Waals surface area contributed by atoms with Crippen molar-refractivity contribution in [3.05, 3.63) is 23.8 Å². The van der Waals surface area contributed by atoms with Crippen LogP contribution in [0.15, 0.2) is 17.9 Å². The molecule has 0 radical (unpaired) electrons. The second kappa shape index (κ2) is 1.24. The third-order valence-corrected chi connectivity index (χ3v) is 0.872. The fourth-order valence-electron chi connectivity index (χ4n) is 0.480. The lowest BCUT2D eigenvalue weighted by atomic mass is 10.2. The van der Waals surface area contributed by atoms with Crippen LogP contribution in [0, 0.1) is 5.92 Å². The average Bonchev–Trinajstić information content (AvgIpc) is 1.86. The summed E-state index contributed by atoms with van der Waals surface area (Å²) >= 11 is 0. The van der Waals surface area contributed by atoms with Crippen LogP contribution in [0.4, 0.5) is 0 Å². The molecule has 32 valence electrons. The zero-order chi connectivity index (χ0) is 4.41. The highest BCUT2D eigenvalue weighted by Gasteiger charge is 1.80. The smallest absolute Gasteiger partial charge is 0.0911 e. The second-order valence-corrected chi connectivity index (χ2v) is 1.57. The van der Waals surface area contributed by atoms with Crippen molar-refractivity contribution in [2.24, 2.45) is 0 Å². The van der Waals surface area contributed by atoms with Gasteiger partial charge in [-0.3, -0.25) is 0 Å². The minimum atomic E-state index is 1.11. The van der Waals surface area contributed by atoms with Crippen LogP contribution in [0.3, 0.4) is 0 Å². The van der Waals surface area contributed by atoms with Gasteiger partial charge in [0.05, 0.1) is 0 Å². The summed E-state index contributed by atoms with van der Waals surface area (Å²) in [5.41, 5.74) is 2.98. The first-order valence-corrected chi connectivity index (χ1v) is 2.13. The molecule has 0 bridgehead atoms. The molecule has 1 aliphatic carbocycles. The Bertz CT molecular complexity index is 94.6. The predicted octanol–water partition coefficient (Wildman–Crippen LogP) is 1.70. The zero-order valence-electron chi connectivity index (χ0n) is 3.86. The first-order valence-electron chi connectivity index (χ1n) is 2.13. The van der Waals surface area contributed by atoms with Gasteiger partial charge in [-0.15, -0.1) is 6.92 Å². The van der Waals surface area contributed by atoms with Gasteiger partial charge in [-0.25, -0.2) is 12.0 Å². The highest BCUT2D eigenvalue weighted by Crippen LogP contribution is 2.10. The Balaban J connectivity index is 2.55. The van der Waals surface area contributed by atoms with Gasteiger partial charge in [0.25, 0.3) is 0 Å². The predicted molar refractivity (Wildman–Crippen MR) is 26.2 cm³/mol. The van der Waals surface area contributed by atoms with Gasteiger partial charge in [0.1, 0.15) is 0 Å².